The third-order valence-electron chi connectivity index (χ3n) is 0.496. The molecule has 0 aliphatic carbocycles. The molecule has 1 N–H and O–H groups in total. The van der Waals surface area contributed by atoms with Crippen molar-refractivity contribution in [3.63, 3.8) is 0 Å². The second-order valence-electron chi connectivity index (χ2n) is 2.23. The number of H-pyrrole nitrogens is 1. The summed E-state index contributed by atoms with van der Waals surface area (Å²) in [5.74, 6) is 0. The topological polar surface area (TPSA) is 19.0 Å². The summed E-state index contributed by atoms with van der Waals surface area (Å²) in [5, 5.41) is 0. The molecule has 0 amide bonds. The number of nitrogens with zero attached hydrogens (tertiary/aromatic N) is 1. The van der Waals surface area contributed by atoms with Gasteiger partial charge < -0.3 is 9.88 Å². The summed E-state index contributed by atoms with van der Waals surface area (Å²) < 4.78 is 0. The Morgan fingerprint density at radius 2 is 1.30 bits per heavy atom. The number of aromatic nitrogens is 1. The standard InChI is InChI=1S/C4H5N.C3H9N.Zr/c1-2-4-5-3-1;1-4(2)3;/h1-5H;1-3H3;. The van der Waals surface area contributed by atoms with Crippen LogP contribution >= 0.6 is 0 Å². The van der Waals surface area contributed by atoms with Gasteiger partial charge in [0.25, 0.3) is 0 Å². The number of hydrogen-bond acceptors (Lipinski definition) is 1. The number of hydrogen-bond donors (Lipinski definition) is 1. The monoisotopic (exact) mass is 216 g/mol. The van der Waals surface area contributed by atoms with E-state index in [2.05, 4.69) is 4.98 Å². The molecule has 1 aromatic heterocycles. The second kappa shape index (κ2) is 9.12. The molecule has 1 aromatic rings. The van der Waals surface area contributed by atoms with Gasteiger partial charge in [0, 0.05) is 38.6 Å². The molecule has 10 heavy (non-hydrogen) atoms. The summed E-state index contributed by atoms with van der Waals surface area (Å²) in [6.07, 6.45) is 3.75. The van der Waals surface area contributed by atoms with Gasteiger partial charge in [0.15, 0.2) is 0 Å². The Morgan fingerprint density at radius 3 is 1.40 bits per heavy atom. The van der Waals surface area contributed by atoms with Crippen molar-refractivity contribution < 1.29 is 26.2 Å². The van der Waals surface area contributed by atoms with Gasteiger partial charge in [0.2, 0.25) is 0 Å². The van der Waals surface area contributed by atoms with Crippen LogP contribution in [0.2, 0.25) is 0 Å². The summed E-state index contributed by atoms with van der Waals surface area (Å²) in [6.45, 7) is 0. The Hall–Kier alpha value is 0.123. The van der Waals surface area contributed by atoms with E-state index in [1.807, 2.05) is 50.6 Å². The van der Waals surface area contributed by atoms with Crippen LogP contribution in [-0.2, 0) is 26.2 Å². The minimum atomic E-state index is 0. The van der Waals surface area contributed by atoms with Crippen molar-refractivity contribution in [2.24, 2.45) is 0 Å². The molecule has 0 aliphatic rings. The van der Waals surface area contributed by atoms with Crippen molar-refractivity contribution in [3.05, 3.63) is 24.5 Å². The van der Waals surface area contributed by atoms with Crippen LogP contribution in [0.5, 0.6) is 0 Å². The first-order chi connectivity index (χ1) is 4.23. The van der Waals surface area contributed by atoms with E-state index >= 15 is 0 Å². The van der Waals surface area contributed by atoms with Crippen molar-refractivity contribution in [3.8, 4) is 0 Å². The summed E-state index contributed by atoms with van der Waals surface area (Å²) in [7, 11) is 6.00. The quantitative estimate of drug-likeness (QED) is 0.692. The van der Waals surface area contributed by atoms with Crippen molar-refractivity contribution >= 4 is 0 Å². The fraction of sp³-hybridized carbons (Fsp3) is 0.429. The molecule has 0 fully saturated rings. The Balaban J connectivity index is 0. The zero-order chi connectivity index (χ0) is 7.11. The predicted octanol–water partition coefficient (Wildman–Crippen LogP) is 1.19. The minimum Gasteiger partial charge on any atom is -0.368 e. The van der Waals surface area contributed by atoms with Gasteiger partial charge in [0.1, 0.15) is 0 Å². The minimum absolute atomic E-state index is 0. The van der Waals surface area contributed by atoms with Gasteiger partial charge in [-0.15, -0.1) is 0 Å². The van der Waals surface area contributed by atoms with Gasteiger partial charge in [0.05, 0.1) is 0 Å². The molecule has 1 rings (SSSR count). The smallest absolute Gasteiger partial charge is 0.000496 e. The summed E-state index contributed by atoms with van der Waals surface area (Å²) in [6, 6.07) is 3.89. The van der Waals surface area contributed by atoms with E-state index in [1.165, 1.54) is 0 Å². The molecule has 0 saturated carbocycles. The van der Waals surface area contributed by atoms with Gasteiger partial charge in [-0.3, -0.25) is 0 Å². The van der Waals surface area contributed by atoms with E-state index in [1.54, 1.807) is 0 Å². The van der Waals surface area contributed by atoms with Crippen LogP contribution in [0.25, 0.3) is 0 Å². The maximum atomic E-state index is 2.86. The largest absolute Gasteiger partial charge is 0.368 e. The van der Waals surface area contributed by atoms with Crippen LogP contribution < -0.4 is 0 Å². The zero-order valence-corrected chi connectivity index (χ0v) is 9.21. The van der Waals surface area contributed by atoms with Crippen LogP contribution in [0.4, 0.5) is 0 Å². The van der Waals surface area contributed by atoms with E-state index in [-0.39, 0.29) is 26.2 Å². The van der Waals surface area contributed by atoms with Gasteiger partial charge in [-0.05, 0) is 33.3 Å². The SMILES string of the molecule is CN(C)C.[Zr].c1cc[nH]c1. The third-order valence-corrected chi connectivity index (χ3v) is 0.496. The molecule has 3 heteroatoms. The van der Waals surface area contributed by atoms with Gasteiger partial charge in [-0.25, -0.2) is 0 Å². The number of aromatic amines is 1. The third kappa shape index (κ3) is 15.7. The molecule has 0 radical (unpaired) electrons. The molecule has 0 unspecified atom stereocenters. The van der Waals surface area contributed by atoms with Crippen LogP contribution in [0.15, 0.2) is 24.5 Å². The van der Waals surface area contributed by atoms with Crippen LogP contribution in [0, 0.1) is 0 Å². The molecule has 0 aliphatic heterocycles. The van der Waals surface area contributed by atoms with Crippen LogP contribution in [0.3, 0.4) is 0 Å². The maximum Gasteiger partial charge on any atom is 0.000496 e. The van der Waals surface area contributed by atoms with Crippen molar-refractivity contribution in [1.82, 2.24) is 9.88 Å². The van der Waals surface area contributed by atoms with Crippen molar-refractivity contribution in [2.75, 3.05) is 21.1 Å². The van der Waals surface area contributed by atoms with E-state index in [0.29, 0.717) is 0 Å². The molecule has 56 valence electrons. The van der Waals surface area contributed by atoms with Crippen LogP contribution in [-0.4, -0.2) is 31.0 Å². The summed E-state index contributed by atoms with van der Waals surface area (Å²) in [4.78, 5) is 4.86. The van der Waals surface area contributed by atoms with Crippen molar-refractivity contribution in [2.45, 2.75) is 0 Å². The van der Waals surface area contributed by atoms with Crippen LogP contribution in [0.1, 0.15) is 0 Å². The van der Waals surface area contributed by atoms with E-state index in [0.717, 1.165) is 0 Å². The molecule has 0 bridgehead atoms. The Morgan fingerprint density at radius 1 is 1.00 bits per heavy atom. The molecule has 0 atom stereocenters. The van der Waals surface area contributed by atoms with Gasteiger partial charge in [-0.2, -0.15) is 0 Å². The Bertz CT molecular complexity index is 95.2. The van der Waals surface area contributed by atoms with Crippen molar-refractivity contribution in [1.29, 1.82) is 0 Å². The van der Waals surface area contributed by atoms with E-state index < -0.39 is 0 Å². The Kier molecular flexibility index (Phi) is 11.6. The first-order valence-corrected chi connectivity index (χ1v) is 2.92. The fourth-order valence-electron chi connectivity index (χ4n) is 0.278. The van der Waals surface area contributed by atoms with E-state index in [4.69, 9.17) is 0 Å². The first kappa shape index (κ1) is 12.8. The van der Waals surface area contributed by atoms with Gasteiger partial charge >= 0.3 is 0 Å². The average Bonchev–Trinajstić information content (AvgIpc) is 2.11. The predicted molar refractivity (Wildman–Crippen MR) is 40.4 cm³/mol. The number of rotatable bonds is 0. The molecule has 1 heterocycles. The Labute approximate surface area is 81.7 Å². The summed E-state index contributed by atoms with van der Waals surface area (Å²) >= 11 is 0. The van der Waals surface area contributed by atoms with E-state index in [9.17, 15) is 0 Å². The normalized spacial score (nSPS) is 7.60. The molecular formula is C7H14N2Zr. The fourth-order valence-corrected chi connectivity index (χ4v) is 0.278. The second-order valence-corrected chi connectivity index (χ2v) is 2.23. The molecular weight excluding hydrogens is 203 g/mol. The zero-order valence-electron chi connectivity index (χ0n) is 6.76. The number of nitrogens with one attached hydrogen (secondary N) is 1. The molecule has 0 saturated heterocycles. The molecule has 0 spiro atoms. The average molecular weight is 217 g/mol. The maximum absolute atomic E-state index is 2.86. The molecule has 2 nitrogen and oxygen atoms in total. The molecule has 0 aromatic carbocycles. The van der Waals surface area contributed by atoms with Gasteiger partial charge in [-0.1, -0.05) is 0 Å². The first-order valence-electron chi connectivity index (χ1n) is 2.92. The summed E-state index contributed by atoms with van der Waals surface area (Å²) in [5.41, 5.74) is 0.